The molecule has 19 heteroatoms. The third-order valence-corrected chi connectivity index (χ3v) is 8.86. The zero-order valence-electron chi connectivity index (χ0n) is 27.2. The minimum Gasteiger partial charge on any atom is -0.872 e. The fourth-order valence-corrected chi connectivity index (χ4v) is 6.03. The summed E-state index contributed by atoms with van der Waals surface area (Å²) < 4.78 is 66.9. The molecule has 0 spiro atoms. The summed E-state index contributed by atoms with van der Waals surface area (Å²) in [6.45, 7) is 0. The molecule has 0 aliphatic heterocycles. The summed E-state index contributed by atoms with van der Waals surface area (Å²) in [4.78, 5) is 11.4. The van der Waals surface area contributed by atoms with Crippen molar-refractivity contribution in [1.29, 1.82) is 0 Å². The molecule has 0 atom stereocenters. The van der Waals surface area contributed by atoms with Gasteiger partial charge in [0.05, 0.1) is 27.6 Å². The van der Waals surface area contributed by atoms with Gasteiger partial charge in [-0.15, -0.1) is 5.11 Å². The van der Waals surface area contributed by atoms with Crippen LogP contribution in [0.15, 0.2) is 139 Å². The number of nitrogens with one attached hydrogen (secondary N) is 2. The summed E-state index contributed by atoms with van der Waals surface area (Å²) in [7, 11) is -9.61. The van der Waals surface area contributed by atoms with Gasteiger partial charge >= 0.3 is 65.1 Å². The maximum absolute atomic E-state index is 13.4. The molecule has 52 heavy (non-hydrogen) atoms. The first-order chi connectivity index (χ1) is 23.7. The second-order valence-electron chi connectivity index (χ2n) is 10.6. The van der Waals surface area contributed by atoms with Crippen LogP contribution in [0.1, 0.15) is 0 Å². The summed E-state index contributed by atoms with van der Waals surface area (Å²) in [6.07, 6.45) is 0. The summed E-state index contributed by atoms with van der Waals surface area (Å²) in [5.74, 6) is -1.49. The van der Waals surface area contributed by atoms with Crippen molar-refractivity contribution in [2.75, 3.05) is 10.6 Å². The first-order valence-electron chi connectivity index (χ1n) is 14.3. The Morgan fingerprint density at radius 3 is 1.62 bits per heavy atom. The molecule has 0 saturated heterocycles. The summed E-state index contributed by atoms with van der Waals surface area (Å²) >= 11 is 0. The third kappa shape index (κ3) is 9.58. The molecule has 0 unspecified atom stereocenters. The fraction of sp³-hybridized carbons (Fsp3) is 0. The van der Waals surface area contributed by atoms with Gasteiger partial charge in [0.15, 0.2) is 0 Å². The summed E-state index contributed by atoms with van der Waals surface area (Å²) in [5.41, 5.74) is 1.09. The molecule has 15 nitrogen and oxygen atoms in total. The number of azo groups is 2. The van der Waals surface area contributed by atoms with Crippen LogP contribution in [-0.4, -0.2) is 32.0 Å². The first-order valence-corrected chi connectivity index (χ1v) is 17.2. The average molecular weight is 757 g/mol. The predicted octanol–water partition coefficient (Wildman–Crippen LogP) is 1.12. The number of amides is 2. The zero-order valence-corrected chi connectivity index (χ0v) is 32.9. The van der Waals surface area contributed by atoms with E-state index < -0.39 is 53.2 Å². The van der Waals surface area contributed by atoms with Gasteiger partial charge in [0.25, 0.3) is 20.2 Å². The van der Waals surface area contributed by atoms with Crippen LogP contribution in [0.5, 0.6) is 11.5 Å². The van der Waals surface area contributed by atoms with Gasteiger partial charge in [-0.3, -0.25) is 9.11 Å². The Bertz CT molecular complexity index is 2590. The second kappa shape index (κ2) is 16.6. The van der Waals surface area contributed by atoms with E-state index in [-0.39, 0.29) is 97.7 Å². The molecule has 252 valence electrons. The van der Waals surface area contributed by atoms with Crippen molar-refractivity contribution in [3.8, 4) is 11.5 Å². The van der Waals surface area contributed by atoms with Crippen LogP contribution in [-0.2, 0) is 20.2 Å². The van der Waals surface area contributed by atoms with Gasteiger partial charge in [-0.2, -0.15) is 32.2 Å². The number of carbonyl (C=O) groups excluding carboxylic acids is 1. The SMILES string of the molecule is O=C(Nc1ccc2c([O-])cc(S(=O)(=O)O)cc2c1)Nc1ccc2c([O-])c(N=Nc3ccc(N=Nc4ccccc4)cc3)c(S(=O)(=O)O)cc2c1.[Na+].[Na+]. The number of benzene rings is 6. The molecule has 0 aromatic heterocycles. The molecule has 6 aromatic rings. The molecule has 0 radical (unpaired) electrons. The molecule has 6 rings (SSSR count). The third-order valence-electron chi connectivity index (χ3n) is 7.16. The van der Waals surface area contributed by atoms with Gasteiger partial charge in [0.2, 0.25) is 0 Å². The molecule has 0 fully saturated rings. The van der Waals surface area contributed by atoms with Gasteiger partial charge in [-0.25, -0.2) is 4.79 Å². The van der Waals surface area contributed by atoms with Crippen molar-refractivity contribution in [1.82, 2.24) is 0 Å². The molecule has 4 N–H and O–H groups in total. The maximum atomic E-state index is 13.4. The maximum Gasteiger partial charge on any atom is 1.00 e. The molecule has 0 heterocycles. The molecule has 0 aliphatic rings. The van der Waals surface area contributed by atoms with Crippen LogP contribution in [0.3, 0.4) is 0 Å². The molecule has 0 aliphatic carbocycles. The van der Waals surface area contributed by atoms with Crippen molar-refractivity contribution >= 4 is 81.9 Å². The summed E-state index contributed by atoms with van der Waals surface area (Å²) in [5, 5.41) is 47.1. The Labute approximate surface area is 340 Å². The number of hydrogen-bond acceptors (Lipinski definition) is 11. The smallest absolute Gasteiger partial charge is 0.872 e. The van der Waals surface area contributed by atoms with Crippen molar-refractivity contribution < 1.29 is 100 Å². The van der Waals surface area contributed by atoms with Crippen LogP contribution in [0.2, 0.25) is 0 Å². The van der Waals surface area contributed by atoms with Gasteiger partial charge < -0.3 is 20.8 Å². The van der Waals surface area contributed by atoms with Gasteiger partial charge in [0.1, 0.15) is 4.90 Å². The molecule has 2 amide bonds. The van der Waals surface area contributed by atoms with Crippen LogP contribution >= 0.6 is 0 Å². The monoisotopic (exact) mass is 756 g/mol. The van der Waals surface area contributed by atoms with E-state index in [1.807, 2.05) is 18.2 Å². The Balaban J connectivity index is 0.00000302. The van der Waals surface area contributed by atoms with Crippen molar-refractivity contribution in [2.24, 2.45) is 20.5 Å². The zero-order chi connectivity index (χ0) is 35.6. The van der Waals surface area contributed by atoms with Gasteiger partial charge in [-0.1, -0.05) is 41.8 Å². The Hall–Kier alpha value is -4.27. The molecule has 6 aromatic carbocycles. The van der Waals surface area contributed by atoms with E-state index in [9.17, 15) is 40.9 Å². The van der Waals surface area contributed by atoms with Crippen molar-refractivity contribution in [2.45, 2.75) is 9.79 Å². The van der Waals surface area contributed by atoms with E-state index in [0.717, 1.165) is 18.2 Å². The normalized spacial score (nSPS) is 11.7. The Kier molecular flexibility index (Phi) is 12.9. The number of carbonyl (C=O) groups is 1. The average Bonchev–Trinajstić information content (AvgIpc) is 3.06. The number of nitrogens with zero attached hydrogens (tertiary/aromatic N) is 4. The molecule has 0 saturated carbocycles. The number of anilines is 2. The van der Waals surface area contributed by atoms with E-state index >= 15 is 0 Å². The van der Waals surface area contributed by atoms with E-state index in [0.29, 0.717) is 11.4 Å². The fourth-order valence-electron chi connectivity index (χ4n) is 4.84. The second-order valence-corrected chi connectivity index (χ2v) is 13.4. The van der Waals surface area contributed by atoms with Crippen molar-refractivity contribution in [3.63, 3.8) is 0 Å². The quantitative estimate of drug-likeness (QED) is 0.0986. The standard InChI is InChI=1S/C33H24N6O9S2.2Na/c40-29-18-26(49(43,44)45)16-19-14-24(10-12-27(19)29)34-33(42)35-25-11-13-28-20(15-25)17-30(50(46,47)48)31(32(28)41)39-38-23-8-6-22(7-9-23)37-36-21-4-2-1-3-5-21;;/h1-18,40-41H,(H2,34,35,42)(H,43,44,45)(H,46,47,48);;/q;2*+1/p-2. The number of rotatable bonds is 8. The first kappa shape index (κ1) is 40.5. The van der Waals surface area contributed by atoms with E-state index in [1.54, 1.807) is 24.3 Å². The van der Waals surface area contributed by atoms with Gasteiger partial charge in [0, 0.05) is 11.4 Å². The largest absolute Gasteiger partial charge is 1.00 e. The van der Waals surface area contributed by atoms with Crippen LogP contribution < -0.4 is 80.0 Å². The Morgan fingerprint density at radius 2 is 1.08 bits per heavy atom. The van der Waals surface area contributed by atoms with Gasteiger partial charge in [-0.05, 0) is 100 Å². The van der Waals surface area contributed by atoms with Crippen molar-refractivity contribution in [3.05, 3.63) is 109 Å². The Morgan fingerprint density at radius 1 is 0.577 bits per heavy atom. The van der Waals surface area contributed by atoms with Crippen LogP contribution in [0.4, 0.5) is 38.9 Å². The topological polar surface area (TPSA) is 245 Å². The molecular weight excluding hydrogens is 735 g/mol. The van der Waals surface area contributed by atoms with Crippen LogP contribution in [0, 0.1) is 0 Å². The minimum absolute atomic E-state index is 0. The minimum atomic E-state index is -4.96. The number of fused-ring (bicyclic) bond motifs is 2. The van der Waals surface area contributed by atoms with E-state index in [4.69, 9.17) is 0 Å². The molecule has 0 bridgehead atoms. The molecular formula is C33H22N6Na2O9S2. The predicted molar refractivity (Wildman–Crippen MR) is 180 cm³/mol. The van der Waals surface area contributed by atoms with Crippen LogP contribution in [0.25, 0.3) is 21.5 Å². The van der Waals surface area contributed by atoms with E-state index in [2.05, 4.69) is 31.1 Å². The van der Waals surface area contributed by atoms with E-state index in [1.165, 1.54) is 48.5 Å². The number of hydrogen-bond donors (Lipinski definition) is 4. The number of urea groups is 1. The summed E-state index contributed by atoms with van der Waals surface area (Å²) in [6, 6.07) is 25.5.